The quantitative estimate of drug-likeness (QED) is 0.867. The van der Waals surface area contributed by atoms with Crippen LogP contribution in [0.4, 0.5) is 13.2 Å². The fraction of sp³-hybridized carbons (Fsp3) is 0.467. The monoisotopic (exact) mass is 342 g/mol. The molecule has 1 atom stereocenters. The van der Waals surface area contributed by atoms with E-state index in [4.69, 9.17) is 4.74 Å². The number of ether oxygens (including phenoxy) is 1. The Morgan fingerprint density at radius 1 is 1.38 bits per heavy atom. The van der Waals surface area contributed by atoms with Crippen LogP contribution in [0.25, 0.3) is 0 Å². The fourth-order valence-corrected chi connectivity index (χ4v) is 2.80. The third-order valence-corrected chi connectivity index (χ3v) is 3.93. The lowest BCUT2D eigenvalue weighted by Crippen LogP contribution is -2.31. The Kier molecular flexibility index (Phi) is 4.46. The summed E-state index contributed by atoms with van der Waals surface area (Å²) in [5.74, 6) is 0.177. The van der Waals surface area contributed by atoms with Crippen molar-refractivity contribution in [2.24, 2.45) is 0 Å². The van der Waals surface area contributed by atoms with E-state index in [2.05, 4.69) is 15.4 Å². The molecule has 0 spiro atoms. The number of aromatic nitrogens is 3. The molecule has 24 heavy (non-hydrogen) atoms. The van der Waals surface area contributed by atoms with Crippen molar-refractivity contribution in [3.8, 4) is 5.75 Å². The van der Waals surface area contributed by atoms with Gasteiger partial charge in [0.25, 0.3) is 0 Å². The van der Waals surface area contributed by atoms with Gasteiger partial charge in [-0.05, 0) is 24.1 Å². The van der Waals surface area contributed by atoms with Gasteiger partial charge >= 0.3 is 6.18 Å². The molecule has 1 aromatic carbocycles. The number of nitrogens with zero attached hydrogens (tertiary/aromatic N) is 3. The molecule has 3 rings (SSSR count). The van der Waals surface area contributed by atoms with Gasteiger partial charge in [-0.25, -0.2) is 0 Å². The molecular formula is C15H17F3N4O2. The van der Waals surface area contributed by atoms with Crippen LogP contribution in [0.2, 0.25) is 0 Å². The number of hydrogen-bond acceptors (Lipinski definition) is 5. The Morgan fingerprint density at radius 3 is 2.92 bits per heavy atom. The van der Waals surface area contributed by atoms with Gasteiger partial charge in [-0.3, -0.25) is 4.90 Å². The van der Waals surface area contributed by atoms with Crippen LogP contribution in [0.15, 0.2) is 30.5 Å². The summed E-state index contributed by atoms with van der Waals surface area (Å²) < 4.78 is 41.4. The van der Waals surface area contributed by atoms with Crippen LogP contribution in [0.3, 0.4) is 0 Å². The summed E-state index contributed by atoms with van der Waals surface area (Å²) in [5, 5.41) is 20.7. The molecule has 0 unspecified atom stereocenters. The van der Waals surface area contributed by atoms with Crippen LogP contribution in [-0.2, 0) is 12.1 Å². The second-order valence-electron chi connectivity index (χ2n) is 5.90. The Hall–Kier alpha value is -2.13. The number of H-pyrrole nitrogens is 1. The zero-order chi connectivity index (χ0) is 17.2. The van der Waals surface area contributed by atoms with Crippen molar-refractivity contribution in [3.63, 3.8) is 0 Å². The predicted molar refractivity (Wildman–Crippen MR) is 78.2 cm³/mol. The highest BCUT2D eigenvalue weighted by Gasteiger charge is 2.39. The Bertz CT molecular complexity index is 678. The van der Waals surface area contributed by atoms with Gasteiger partial charge in [-0.15, -0.1) is 0 Å². The number of aliphatic hydroxyl groups is 1. The molecule has 130 valence electrons. The number of aromatic amines is 1. The maximum absolute atomic E-state index is 12.2. The van der Waals surface area contributed by atoms with Crippen LogP contribution in [0, 0.1) is 0 Å². The van der Waals surface area contributed by atoms with Gasteiger partial charge in [0.1, 0.15) is 17.0 Å². The zero-order valence-electron chi connectivity index (χ0n) is 12.8. The second-order valence-corrected chi connectivity index (χ2v) is 5.90. The standard InChI is InChI=1S/C15H17F3N4O2/c16-15(17,18)10-24-12-3-1-2-11(6-12)8-22-5-4-14(23,9-22)13-7-19-21-20-13/h1-3,6-7,23H,4-5,8-10H2,(H,19,20,21)/t14-/m0/s1. The van der Waals surface area contributed by atoms with E-state index in [1.165, 1.54) is 12.3 Å². The van der Waals surface area contributed by atoms with Gasteiger partial charge in [0.05, 0.1) is 6.20 Å². The van der Waals surface area contributed by atoms with Gasteiger partial charge < -0.3 is 9.84 Å². The van der Waals surface area contributed by atoms with Gasteiger partial charge in [0.2, 0.25) is 0 Å². The molecule has 1 fully saturated rings. The molecule has 1 aliphatic rings. The summed E-state index contributed by atoms with van der Waals surface area (Å²) >= 11 is 0. The van der Waals surface area contributed by atoms with Crippen LogP contribution in [0.5, 0.6) is 5.75 Å². The number of alkyl halides is 3. The average Bonchev–Trinajstić information content (AvgIpc) is 3.16. The highest BCUT2D eigenvalue weighted by Crippen LogP contribution is 2.31. The molecule has 1 saturated heterocycles. The van der Waals surface area contributed by atoms with E-state index >= 15 is 0 Å². The van der Waals surface area contributed by atoms with Crippen molar-refractivity contribution < 1.29 is 23.0 Å². The Balaban J connectivity index is 1.61. The van der Waals surface area contributed by atoms with Gasteiger partial charge in [0, 0.05) is 19.6 Å². The minimum absolute atomic E-state index is 0.177. The van der Waals surface area contributed by atoms with E-state index in [1.807, 2.05) is 11.0 Å². The van der Waals surface area contributed by atoms with Crippen LogP contribution in [-0.4, -0.2) is 51.3 Å². The first-order chi connectivity index (χ1) is 11.3. The number of rotatable bonds is 5. The molecule has 6 nitrogen and oxygen atoms in total. The first-order valence-corrected chi connectivity index (χ1v) is 7.44. The molecule has 2 heterocycles. The van der Waals surface area contributed by atoms with E-state index in [1.54, 1.807) is 12.1 Å². The van der Waals surface area contributed by atoms with Crippen molar-refractivity contribution >= 4 is 0 Å². The van der Waals surface area contributed by atoms with E-state index < -0.39 is 18.4 Å². The largest absolute Gasteiger partial charge is 0.484 e. The first-order valence-electron chi connectivity index (χ1n) is 7.44. The highest BCUT2D eigenvalue weighted by atomic mass is 19.4. The highest BCUT2D eigenvalue weighted by molar-refractivity contribution is 5.28. The normalized spacial score (nSPS) is 22.0. The summed E-state index contributed by atoms with van der Waals surface area (Å²) in [6.07, 6.45) is -2.35. The molecule has 9 heteroatoms. The SMILES string of the molecule is O[C@@]1(c2cn[nH]n2)CCN(Cc2cccc(OCC(F)(F)F)c2)C1. The smallest absolute Gasteiger partial charge is 0.422 e. The van der Waals surface area contributed by atoms with E-state index in [0.29, 0.717) is 31.7 Å². The molecule has 0 radical (unpaired) electrons. The van der Waals surface area contributed by atoms with Crippen molar-refractivity contribution in [2.75, 3.05) is 19.7 Å². The number of nitrogens with one attached hydrogen (secondary N) is 1. The summed E-state index contributed by atoms with van der Waals surface area (Å²) in [5.41, 5.74) is 0.253. The number of benzene rings is 1. The minimum Gasteiger partial charge on any atom is -0.484 e. The molecular weight excluding hydrogens is 325 g/mol. The summed E-state index contributed by atoms with van der Waals surface area (Å²) in [6, 6.07) is 6.54. The number of hydrogen-bond donors (Lipinski definition) is 2. The molecule has 0 amide bonds. The Labute approximate surface area is 136 Å². The minimum atomic E-state index is -4.36. The molecule has 0 aliphatic carbocycles. The average molecular weight is 342 g/mol. The van der Waals surface area contributed by atoms with E-state index in [0.717, 1.165) is 5.56 Å². The van der Waals surface area contributed by atoms with Crippen molar-refractivity contribution in [3.05, 3.63) is 41.7 Å². The van der Waals surface area contributed by atoms with Gasteiger partial charge in [0.15, 0.2) is 6.61 Å². The van der Waals surface area contributed by atoms with Crippen LogP contribution < -0.4 is 4.74 Å². The molecule has 1 aliphatic heterocycles. The second kappa shape index (κ2) is 6.40. The first kappa shape index (κ1) is 16.7. The van der Waals surface area contributed by atoms with Crippen molar-refractivity contribution in [1.82, 2.24) is 20.3 Å². The lowest BCUT2D eigenvalue weighted by Gasteiger charge is -2.21. The van der Waals surface area contributed by atoms with E-state index in [9.17, 15) is 18.3 Å². The number of β-amino-alcohol motifs (C(OH)–C–C–N with tert-alkyl or cyclic N) is 1. The molecule has 1 aromatic heterocycles. The van der Waals surface area contributed by atoms with E-state index in [-0.39, 0.29) is 5.75 Å². The number of likely N-dealkylation sites (tertiary alicyclic amines) is 1. The fourth-order valence-electron chi connectivity index (χ4n) is 2.80. The van der Waals surface area contributed by atoms with Gasteiger partial charge in [-0.1, -0.05) is 12.1 Å². The number of halogens is 3. The molecule has 2 aromatic rings. The molecule has 2 N–H and O–H groups in total. The maximum Gasteiger partial charge on any atom is 0.422 e. The predicted octanol–water partition coefficient (Wildman–Crippen LogP) is 1.84. The third-order valence-electron chi connectivity index (χ3n) is 3.93. The summed E-state index contributed by atoms with van der Waals surface area (Å²) in [6.45, 7) is 0.222. The topological polar surface area (TPSA) is 74.3 Å². The van der Waals surface area contributed by atoms with Crippen LogP contribution >= 0.6 is 0 Å². The Morgan fingerprint density at radius 2 is 2.21 bits per heavy atom. The zero-order valence-corrected chi connectivity index (χ0v) is 12.8. The maximum atomic E-state index is 12.2. The third kappa shape index (κ3) is 4.04. The molecule has 0 saturated carbocycles. The van der Waals surface area contributed by atoms with Crippen LogP contribution in [0.1, 0.15) is 17.7 Å². The lowest BCUT2D eigenvalue weighted by atomic mass is 10.00. The van der Waals surface area contributed by atoms with Crippen molar-refractivity contribution in [1.29, 1.82) is 0 Å². The summed E-state index contributed by atoms with van der Waals surface area (Å²) in [7, 11) is 0. The lowest BCUT2D eigenvalue weighted by molar-refractivity contribution is -0.153. The summed E-state index contributed by atoms with van der Waals surface area (Å²) in [4.78, 5) is 2.01. The van der Waals surface area contributed by atoms with Gasteiger partial charge in [-0.2, -0.15) is 28.6 Å². The molecule has 0 bridgehead atoms. The van der Waals surface area contributed by atoms with Crippen molar-refractivity contribution in [2.45, 2.75) is 24.7 Å².